The lowest BCUT2D eigenvalue weighted by Crippen LogP contribution is -2.24. The van der Waals surface area contributed by atoms with Gasteiger partial charge in [0.25, 0.3) is 0 Å². The normalized spacial score (nSPS) is 16.6. The fraction of sp³-hybridized carbons (Fsp3) is 0.238. The van der Waals surface area contributed by atoms with Crippen LogP contribution in [-0.2, 0) is 0 Å². The highest BCUT2D eigenvalue weighted by atomic mass is 16.5. The molecule has 1 fully saturated rings. The summed E-state index contributed by atoms with van der Waals surface area (Å²) < 4.78 is 5.67. The Kier molecular flexibility index (Phi) is 4.12. The van der Waals surface area contributed by atoms with Crippen LogP contribution < -0.4 is 4.90 Å². The van der Waals surface area contributed by atoms with Crippen LogP contribution in [0.1, 0.15) is 30.3 Å². The average Bonchev–Trinajstić information content (AvgIpc) is 3.49. The van der Waals surface area contributed by atoms with E-state index in [9.17, 15) is 0 Å². The van der Waals surface area contributed by atoms with Gasteiger partial charge in [-0.05, 0) is 37.5 Å². The first-order chi connectivity index (χ1) is 13.8. The van der Waals surface area contributed by atoms with E-state index in [-0.39, 0.29) is 6.04 Å². The number of hydrogen-bond donors (Lipinski definition) is 0. The zero-order chi connectivity index (χ0) is 18.9. The van der Waals surface area contributed by atoms with Crippen LogP contribution >= 0.6 is 0 Å². The molecule has 3 heterocycles. The summed E-state index contributed by atoms with van der Waals surface area (Å²) in [4.78, 5) is 8.68. The van der Waals surface area contributed by atoms with Gasteiger partial charge in [0.05, 0.1) is 18.1 Å². The summed E-state index contributed by atoms with van der Waals surface area (Å²) in [6, 6.07) is 16.3. The number of nitrogens with zero attached hydrogens (tertiary/aromatic N) is 6. The highest BCUT2D eigenvalue weighted by Gasteiger charge is 2.32. The first kappa shape index (κ1) is 16.7. The van der Waals surface area contributed by atoms with Gasteiger partial charge in [0.1, 0.15) is 11.7 Å². The molecule has 28 heavy (non-hydrogen) atoms. The SMILES string of the molecule is Cc1ccc(-n2nccn2)c(N2CCC[C@H]2c2nc(-c3ccccc3)no2)c1. The van der Waals surface area contributed by atoms with Gasteiger partial charge in [-0.25, -0.2) is 0 Å². The van der Waals surface area contributed by atoms with E-state index < -0.39 is 0 Å². The van der Waals surface area contributed by atoms with Crippen molar-refractivity contribution in [3.63, 3.8) is 0 Å². The lowest BCUT2D eigenvalue weighted by molar-refractivity contribution is 0.355. The molecule has 1 saturated heterocycles. The summed E-state index contributed by atoms with van der Waals surface area (Å²) in [7, 11) is 0. The number of benzene rings is 2. The highest BCUT2D eigenvalue weighted by Crippen LogP contribution is 2.39. The molecule has 7 nitrogen and oxygen atoms in total. The molecule has 140 valence electrons. The van der Waals surface area contributed by atoms with Gasteiger partial charge in [0.2, 0.25) is 11.7 Å². The fourth-order valence-corrected chi connectivity index (χ4v) is 3.76. The maximum Gasteiger partial charge on any atom is 0.249 e. The Labute approximate surface area is 162 Å². The maximum absolute atomic E-state index is 5.67. The molecule has 0 amide bonds. The van der Waals surface area contributed by atoms with E-state index in [2.05, 4.69) is 45.4 Å². The number of anilines is 1. The molecule has 4 aromatic rings. The molecule has 5 rings (SSSR count). The van der Waals surface area contributed by atoms with Crippen molar-refractivity contribution in [1.82, 2.24) is 25.1 Å². The van der Waals surface area contributed by atoms with Crippen molar-refractivity contribution in [3.05, 3.63) is 72.4 Å². The number of hydrogen-bond acceptors (Lipinski definition) is 6. The first-order valence-corrected chi connectivity index (χ1v) is 9.42. The number of aryl methyl sites for hydroxylation is 1. The van der Waals surface area contributed by atoms with Crippen LogP contribution in [0.5, 0.6) is 0 Å². The van der Waals surface area contributed by atoms with Crippen LogP contribution in [0.2, 0.25) is 0 Å². The van der Waals surface area contributed by atoms with Gasteiger partial charge in [0.15, 0.2) is 0 Å². The number of aromatic nitrogens is 5. The summed E-state index contributed by atoms with van der Waals surface area (Å²) >= 11 is 0. The lowest BCUT2D eigenvalue weighted by Gasteiger charge is -2.26. The Bertz CT molecular complexity index is 1070. The molecule has 0 radical (unpaired) electrons. The quantitative estimate of drug-likeness (QED) is 0.540. The highest BCUT2D eigenvalue weighted by molar-refractivity contribution is 5.65. The van der Waals surface area contributed by atoms with Crippen molar-refractivity contribution in [1.29, 1.82) is 0 Å². The molecule has 0 saturated carbocycles. The predicted octanol–water partition coefficient (Wildman–Crippen LogP) is 3.97. The van der Waals surface area contributed by atoms with E-state index >= 15 is 0 Å². The van der Waals surface area contributed by atoms with Crippen molar-refractivity contribution in [2.75, 3.05) is 11.4 Å². The second-order valence-corrected chi connectivity index (χ2v) is 6.98. The van der Waals surface area contributed by atoms with Crippen LogP contribution in [0, 0.1) is 6.92 Å². The Hall–Kier alpha value is -3.48. The van der Waals surface area contributed by atoms with Crippen LogP contribution in [0.25, 0.3) is 17.1 Å². The summed E-state index contributed by atoms with van der Waals surface area (Å²) in [6.45, 7) is 3.01. The zero-order valence-electron chi connectivity index (χ0n) is 15.6. The largest absolute Gasteiger partial charge is 0.358 e. The van der Waals surface area contributed by atoms with Crippen molar-refractivity contribution in [3.8, 4) is 17.1 Å². The average molecular weight is 372 g/mol. The van der Waals surface area contributed by atoms with Gasteiger partial charge in [-0.2, -0.15) is 15.2 Å². The fourth-order valence-electron chi connectivity index (χ4n) is 3.76. The molecular weight excluding hydrogens is 352 g/mol. The monoisotopic (exact) mass is 372 g/mol. The minimum Gasteiger partial charge on any atom is -0.358 e. The van der Waals surface area contributed by atoms with Crippen LogP contribution in [0.4, 0.5) is 5.69 Å². The summed E-state index contributed by atoms with van der Waals surface area (Å²) in [5.41, 5.74) is 4.18. The molecule has 7 heteroatoms. The van der Waals surface area contributed by atoms with Crippen molar-refractivity contribution in [2.24, 2.45) is 0 Å². The van der Waals surface area contributed by atoms with Gasteiger partial charge < -0.3 is 9.42 Å². The molecule has 0 aliphatic carbocycles. The van der Waals surface area contributed by atoms with Crippen molar-refractivity contribution >= 4 is 5.69 Å². The Morgan fingerprint density at radius 1 is 1.00 bits per heavy atom. The molecule has 0 spiro atoms. The zero-order valence-corrected chi connectivity index (χ0v) is 15.6. The van der Waals surface area contributed by atoms with E-state index in [0.29, 0.717) is 11.7 Å². The van der Waals surface area contributed by atoms with E-state index in [1.165, 1.54) is 5.56 Å². The Morgan fingerprint density at radius 3 is 2.64 bits per heavy atom. The van der Waals surface area contributed by atoms with E-state index in [1.54, 1.807) is 17.2 Å². The summed E-state index contributed by atoms with van der Waals surface area (Å²) in [5, 5.41) is 12.8. The van der Waals surface area contributed by atoms with Gasteiger partial charge in [-0.15, -0.1) is 4.80 Å². The maximum atomic E-state index is 5.67. The van der Waals surface area contributed by atoms with E-state index in [1.807, 2.05) is 30.3 Å². The molecule has 1 aliphatic rings. The van der Waals surface area contributed by atoms with Gasteiger partial charge in [0, 0.05) is 12.1 Å². The lowest BCUT2D eigenvalue weighted by atomic mass is 10.1. The molecular formula is C21H20N6O. The molecule has 2 aromatic heterocycles. The third-order valence-corrected chi connectivity index (χ3v) is 5.09. The van der Waals surface area contributed by atoms with Crippen molar-refractivity contribution in [2.45, 2.75) is 25.8 Å². The van der Waals surface area contributed by atoms with Gasteiger partial charge in [-0.3, -0.25) is 0 Å². The first-order valence-electron chi connectivity index (χ1n) is 9.42. The van der Waals surface area contributed by atoms with Crippen LogP contribution in [-0.4, -0.2) is 31.7 Å². The summed E-state index contributed by atoms with van der Waals surface area (Å²) in [5.74, 6) is 1.28. The minimum atomic E-state index is 0.0427. The van der Waals surface area contributed by atoms with Crippen LogP contribution in [0.3, 0.4) is 0 Å². The molecule has 0 bridgehead atoms. The molecule has 0 N–H and O–H groups in total. The Morgan fingerprint density at radius 2 is 1.82 bits per heavy atom. The standard InChI is InChI=1S/C21H20N6O/c1-15-9-10-17(27-22-11-12-23-27)19(14-15)26-13-5-8-18(26)21-24-20(25-28-21)16-6-3-2-4-7-16/h2-4,6-7,9-12,14,18H,5,8,13H2,1H3/t18-/m0/s1. The third kappa shape index (κ3) is 2.94. The van der Waals surface area contributed by atoms with Gasteiger partial charge >= 0.3 is 0 Å². The summed E-state index contributed by atoms with van der Waals surface area (Å²) in [6.07, 6.45) is 5.41. The van der Waals surface area contributed by atoms with Crippen LogP contribution in [0.15, 0.2) is 65.4 Å². The third-order valence-electron chi connectivity index (χ3n) is 5.09. The van der Waals surface area contributed by atoms with Gasteiger partial charge in [-0.1, -0.05) is 41.6 Å². The molecule has 0 unspecified atom stereocenters. The number of rotatable bonds is 4. The topological polar surface area (TPSA) is 72.9 Å². The smallest absolute Gasteiger partial charge is 0.249 e. The predicted molar refractivity (Wildman–Crippen MR) is 105 cm³/mol. The van der Waals surface area contributed by atoms with E-state index in [4.69, 9.17) is 9.51 Å². The Balaban J connectivity index is 1.52. The van der Waals surface area contributed by atoms with E-state index in [0.717, 1.165) is 36.3 Å². The molecule has 2 aromatic carbocycles. The van der Waals surface area contributed by atoms with Crippen molar-refractivity contribution < 1.29 is 4.52 Å². The second kappa shape index (κ2) is 6.92. The molecule has 1 aliphatic heterocycles. The molecule has 1 atom stereocenters. The second-order valence-electron chi connectivity index (χ2n) is 6.98. The minimum absolute atomic E-state index is 0.0427.